The fourth-order valence-electron chi connectivity index (χ4n) is 4.33. The number of amides is 2. The summed E-state index contributed by atoms with van der Waals surface area (Å²) >= 11 is 0. The van der Waals surface area contributed by atoms with Gasteiger partial charge in [-0.25, -0.2) is 8.78 Å². The van der Waals surface area contributed by atoms with Gasteiger partial charge in [-0.3, -0.25) is 9.59 Å². The minimum atomic E-state index is -1.02. The van der Waals surface area contributed by atoms with Crippen LogP contribution in [0.25, 0.3) is 0 Å². The van der Waals surface area contributed by atoms with E-state index in [4.69, 9.17) is 9.47 Å². The number of carbonyl (C=O) groups excluding carboxylic acids is 2. The van der Waals surface area contributed by atoms with Crippen LogP contribution in [0.3, 0.4) is 0 Å². The number of benzene rings is 3. The number of carbonyl (C=O) groups is 2. The van der Waals surface area contributed by atoms with Crippen molar-refractivity contribution in [3.05, 3.63) is 88.5 Å². The Hall–Kier alpha value is -3.94. The van der Waals surface area contributed by atoms with Crippen molar-refractivity contribution in [1.29, 1.82) is 0 Å². The summed E-state index contributed by atoms with van der Waals surface area (Å²) in [6.07, 6.45) is 0. The van der Waals surface area contributed by atoms with Gasteiger partial charge in [0.2, 0.25) is 5.91 Å². The summed E-state index contributed by atoms with van der Waals surface area (Å²) in [6, 6.07) is 12.5. The normalized spacial score (nSPS) is 17.2. The number of hydrogen-bond acceptors (Lipinski definition) is 4. The largest absolute Gasteiger partial charge is 0.493 e. The molecule has 2 unspecified atom stereocenters. The van der Waals surface area contributed by atoms with E-state index in [0.29, 0.717) is 22.6 Å². The van der Waals surface area contributed by atoms with Crippen LogP contribution in [0.15, 0.2) is 54.6 Å². The lowest BCUT2D eigenvalue weighted by Gasteiger charge is -2.40. The molecule has 1 N–H and O–H groups in total. The Morgan fingerprint density at radius 1 is 0.941 bits per heavy atom. The monoisotopic (exact) mass is 466 g/mol. The van der Waals surface area contributed by atoms with E-state index in [0.717, 1.165) is 0 Å². The Morgan fingerprint density at radius 2 is 1.62 bits per heavy atom. The predicted molar refractivity (Wildman–Crippen MR) is 123 cm³/mol. The van der Waals surface area contributed by atoms with Crippen LogP contribution in [0.2, 0.25) is 0 Å². The summed E-state index contributed by atoms with van der Waals surface area (Å²) in [5.74, 6) is -2.30. The van der Waals surface area contributed by atoms with E-state index in [2.05, 4.69) is 5.32 Å². The first-order chi connectivity index (χ1) is 16.3. The van der Waals surface area contributed by atoms with Gasteiger partial charge in [-0.05, 0) is 48.4 Å². The molecule has 34 heavy (non-hydrogen) atoms. The summed E-state index contributed by atoms with van der Waals surface area (Å²) in [5.41, 5.74) is 1.48. The first-order valence-corrected chi connectivity index (χ1v) is 10.6. The molecule has 4 rings (SSSR count). The maximum atomic E-state index is 14.9. The van der Waals surface area contributed by atoms with E-state index in [1.54, 1.807) is 37.3 Å². The van der Waals surface area contributed by atoms with Gasteiger partial charge in [0, 0.05) is 23.9 Å². The maximum Gasteiger partial charge on any atom is 0.254 e. The maximum absolute atomic E-state index is 14.9. The van der Waals surface area contributed by atoms with Crippen LogP contribution in [-0.4, -0.2) is 38.0 Å². The highest BCUT2D eigenvalue weighted by molar-refractivity contribution is 6.05. The second-order valence-electron chi connectivity index (χ2n) is 8.11. The van der Waals surface area contributed by atoms with Crippen molar-refractivity contribution >= 4 is 17.5 Å². The van der Waals surface area contributed by atoms with Crippen molar-refractivity contribution < 1.29 is 27.8 Å². The lowest BCUT2D eigenvalue weighted by molar-refractivity contribution is -0.119. The summed E-state index contributed by atoms with van der Waals surface area (Å²) in [5, 5.41) is 2.73. The van der Waals surface area contributed by atoms with Gasteiger partial charge < -0.3 is 19.7 Å². The molecule has 1 heterocycles. The quantitative estimate of drug-likeness (QED) is 0.584. The number of aryl methyl sites for hydroxylation is 1. The third-order valence-electron chi connectivity index (χ3n) is 6.12. The summed E-state index contributed by atoms with van der Waals surface area (Å²) in [4.78, 5) is 28.3. The smallest absolute Gasteiger partial charge is 0.254 e. The van der Waals surface area contributed by atoms with E-state index in [1.807, 2.05) is 0 Å². The number of fused-ring (bicyclic) bond motifs is 1. The molecule has 6 nitrogen and oxygen atoms in total. The van der Waals surface area contributed by atoms with Crippen LogP contribution < -0.4 is 14.8 Å². The van der Waals surface area contributed by atoms with Gasteiger partial charge in [0.05, 0.1) is 26.2 Å². The molecule has 176 valence electrons. The van der Waals surface area contributed by atoms with Gasteiger partial charge in [0.15, 0.2) is 11.5 Å². The molecule has 8 heteroatoms. The van der Waals surface area contributed by atoms with Crippen LogP contribution in [0.5, 0.6) is 11.5 Å². The Kier molecular flexibility index (Phi) is 6.24. The molecular formula is C26H24F2N2O4. The molecule has 0 saturated heterocycles. The van der Waals surface area contributed by atoms with Crippen molar-refractivity contribution in [2.45, 2.75) is 18.9 Å². The lowest BCUT2D eigenvalue weighted by Crippen LogP contribution is -2.44. The number of rotatable bonds is 5. The molecule has 0 saturated carbocycles. The zero-order valence-corrected chi connectivity index (χ0v) is 19.2. The van der Waals surface area contributed by atoms with Gasteiger partial charge in [0.25, 0.3) is 5.91 Å². The molecular weight excluding hydrogens is 442 g/mol. The fourth-order valence-corrected chi connectivity index (χ4v) is 4.33. The van der Waals surface area contributed by atoms with E-state index in [-0.39, 0.29) is 16.8 Å². The van der Waals surface area contributed by atoms with E-state index in [1.165, 1.54) is 50.4 Å². The minimum Gasteiger partial charge on any atom is -0.493 e. The second kappa shape index (κ2) is 9.13. The highest BCUT2D eigenvalue weighted by Gasteiger charge is 2.44. The topological polar surface area (TPSA) is 67.9 Å². The van der Waals surface area contributed by atoms with Crippen molar-refractivity contribution in [3.63, 3.8) is 0 Å². The number of nitrogens with one attached hydrogen (secondary N) is 1. The molecule has 0 bridgehead atoms. The van der Waals surface area contributed by atoms with E-state index >= 15 is 0 Å². The number of methoxy groups -OCH3 is 2. The number of ether oxygens (including phenoxy) is 2. The number of likely N-dealkylation sites (N-methyl/N-ethyl adjacent to an activating group) is 1. The van der Waals surface area contributed by atoms with Gasteiger partial charge in [0.1, 0.15) is 11.6 Å². The third-order valence-corrected chi connectivity index (χ3v) is 6.12. The Labute approximate surface area is 196 Å². The van der Waals surface area contributed by atoms with Gasteiger partial charge in [-0.1, -0.05) is 24.3 Å². The van der Waals surface area contributed by atoms with Crippen LogP contribution >= 0.6 is 0 Å². The van der Waals surface area contributed by atoms with E-state index in [9.17, 15) is 18.4 Å². The highest BCUT2D eigenvalue weighted by Crippen LogP contribution is 2.46. The molecule has 3 aromatic carbocycles. The Balaban J connectivity index is 1.89. The van der Waals surface area contributed by atoms with Crippen LogP contribution in [0, 0.1) is 18.6 Å². The van der Waals surface area contributed by atoms with E-state index < -0.39 is 35.4 Å². The molecule has 3 aromatic rings. The van der Waals surface area contributed by atoms with Gasteiger partial charge in [-0.15, -0.1) is 0 Å². The fraction of sp³-hybridized carbons (Fsp3) is 0.231. The Morgan fingerprint density at radius 3 is 2.26 bits per heavy atom. The zero-order chi connectivity index (χ0) is 24.6. The minimum absolute atomic E-state index is 0.189. The molecule has 0 spiro atoms. The lowest BCUT2D eigenvalue weighted by atomic mass is 9.79. The summed E-state index contributed by atoms with van der Waals surface area (Å²) in [6.45, 7) is 1.62. The first-order valence-electron chi connectivity index (χ1n) is 10.6. The van der Waals surface area contributed by atoms with Crippen molar-refractivity contribution in [2.75, 3.05) is 26.6 Å². The molecule has 0 aliphatic carbocycles. The van der Waals surface area contributed by atoms with Crippen molar-refractivity contribution in [3.8, 4) is 11.5 Å². The molecule has 0 fully saturated rings. The first kappa shape index (κ1) is 23.2. The molecule has 0 radical (unpaired) electrons. The van der Waals surface area contributed by atoms with Crippen LogP contribution in [-0.2, 0) is 4.79 Å². The number of anilines is 1. The average molecular weight is 466 g/mol. The SMILES string of the molecule is COc1cc2c(cc1OC)C(C(=O)Nc1ccc(C)c(F)c1)C(c1ccccc1F)N(C)C2=O. The number of nitrogens with zero attached hydrogens (tertiary/aromatic N) is 1. The third kappa shape index (κ3) is 3.96. The Bertz CT molecular complexity index is 1280. The standard InChI is InChI=1S/C26H24F2N2O4/c1-14-9-10-15(11-20(14)28)29-25(31)23-17-12-21(33-3)22(34-4)13-18(17)26(32)30(2)24(23)16-7-5-6-8-19(16)27/h5-13,23-24H,1-4H3,(H,29,31). The zero-order valence-electron chi connectivity index (χ0n) is 19.2. The average Bonchev–Trinajstić information content (AvgIpc) is 2.83. The molecule has 2 atom stereocenters. The van der Waals surface area contributed by atoms with Crippen LogP contribution in [0.1, 0.15) is 39.0 Å². The highest BCUT2D eigenvalue weighted by atomic mass is 19.1. The molecule has 2 amide bonds. The summed E-state index contributed by atoms with van der Waals surface area (Å²) in [7, 11) is 4.41. The predicted octanol–water partition coefficient (Wildman–Crippen LogP) is 4.84. The van der Waals surface area contributed by atoms with Gasteiger partial charge >= 0.3 is 0 Å². The molecule has 1 aliphatic rings. The second-order valence-corrected chi connectivity index (χ2v) is 8.11. The molecule has 0 aromatic heterocycles. The molecule has 1 aliphatic heterocycles. The number of halogens is 2. The van der Waals surface area contributed by atoms with Crippen LogP contribution in [0.4, 0.5) is 14.5 Å². The number of hydrogen-bond donors (Lipinski definition) is 1. The van der Waals surface area contributed by atoms with Gasteiger partial charge in [-0.2, -0.15) is 0 Å². The van der Waals surface area contributed by atoms with Crippen molar-refractivity contribution in [1.82, 2.24) is 4.90 Å². The summed E-state index contributed by atoms with van der Waals surface area (Å²) < 4.78 is 39.8. The van der Waals surface area contributed by atoms with Crippen molar-refractivity contribution in [2.24, 2.45) is 0 Å².